The van der Waals surface area contributed by atoms with Crippen LogP contribution in [0.25, 0.3) is 5.69 Å². The number of nitrogens with one attached hydrogen (secondary N) is 1. The van der Waals surface area contributed by atoms with E-state index in [0.29, 0.717) is 0 Å². The number of aryl methyl sites for hydroxylation is 1. The molecule has 1 aromatic heterocycles. The Balaban J connectivity index is 2.29. The van der Waals surface area contributed by atoms with Crippen LogP contribution in [0.15, 0.2) is 34.9 Å². The van der Waals surface area contributed by atoms with E-state index in [1.165, 1.54) is 5.56 Å². The topological polar surface area (TPSA) is 29.9 Å². The molecule has 90 valence electrons. The molecule has 2 rings (SSSR count). The maximum atomic E-state index is 4.53. The Kier molecular flexibility index (Phi) is 3.97. The van der Waals surface area contributed by atoms with Gasteiger partial charge < -0.3 is 5.32 Å². The monoisotopic (exact) mass is 293 g/mol. The molecule has 1 aromatic carbocycles. The average molecular weight is 294 g/mol. The van der Waals surface area contributed by atoms with E-state index in [4.69, 9.17) is 0 Å². The van der Waals surface area contributed by atoms with E-state index in [1.807, 2.05) is 17.9 Å². The van der Waals surface area contributed by atoms with Crippen molar-refractivity contribution < 1.29 is 0 Å². The van der Waals surface area contributed by atoms with Gasteiger partial charge in [-0.25, -0.2) is 4.68 Å². The lowest BCUT2D eigenvalue weighted by atomic mass is 10.1. The Morgan fingerprint density at radius 2 is 2.00 bits per heavy atom. The lowest BCUT2D eigenvalue weighted by Crippen LogP contribution is -2.06. The molecular formula is C13H16BrN3. The number of nitrogens with zero attached hydrogens (tertiary/aromatic N) is 2. The van der Waals surface area contributed by atoms with Crippen LogP contribution >= 0.6 is 15.9 Å². The largest absolute Gasteiger partial charge is 0.314 e. The highest BCUT2D eigenvalue weighted by Crippen LogP contribution is 2.18. The first-order valence-corrected chi connectivity index (χ1v) is 6.52. The molecule has 0 saturated heterocycles. The smallest absolute Gasteiger partial charge is 0.0908 e. The Bertz CT molecular complexity index is 488. The van der Waals surface area contributed by atoms with Crippen LogP contribution in [0, 0.1) is 0 Å². The third-order valence-electron chi connectivity index (χ3n) is 2.69. The minimum atomic E-state index is 0.765. The molecule has 3 nitrogen and oxygen atoms in total. The molecule has 0 unspecified atom stereocenters. The minimum Gasteiger partial charge on any atom is -0.314 e. The Morgan fingerprint density at radius 1 is 1.29 bits per heavy atom. The molecule has 2 aromatic rings. The van der Waals surface area contributed by atoms with Crippen LogP contribution < -0.4 is 5.32 Å². The van der Waals surface area contributed by atoms with Crippen LogP contribution in [0.1, 0.15) is 18.2 Å². The summed E-state index contributed by atoms with van der Waals surface area (Å²) in [7, 11) is 1.92. The van der Waals surface area contributed by atoms with Crippen molar-refractivity contribution in [2.45, 2.75) is 19.9 Å². The molecule has 1 N–H and O–H groups in total. The van der Waals surface area contributed by atoms with Gasteiger partial charge in [-0.2, -0.15) is 5.10 Å². The summed E-state index contributed by atoms with van der Waals surface area (Å²) in [6.45, 7) is 2.92. The lowest BCUT2D eigenvalue weighted by molar-refractivity contribution is 0.755. The zero-order valence-corrected chi connectivity index (χ0v) is 11.7. The fourth-order valence-corrected chi connectivity index (χ4v) is 2.11. The van der Waals surface area contributed by atoms with E-state index in [2.05, 4.69) is 57.5 Å². The summed E-state index contributed by atoms with van der Waals surface area (Å²) < 4.78 is 2.93. The van der Waals surface area contributed by atoms with Gasteiger partial charge in [-0.3, -0.25) is 0 Å². The molecule has 0 aliphatic rings. The van der Waals surface area contributed by atoms with Gasteiger partial charge in [-0.1, -0.05) is 19.1 Å². The van der Waals surface area contributed by atoms with Crippen molar-refractivity contribution in [3.05, 3.63) is 46.2 Å². The summed E-state index contributed by atoms with van der Waals surface area (Å²) in [6.07, 6.45) is 3.06. The number of rotatable bonds is 4. The van der Waals surface area contributed by atoms with E-state index in [0.717, 1.165) is 28.8 Å². The summed E-state index contributed by atoms with van der Waals surface area (Å²) in [5.74, 6) is 0. The highest BCUT2D eigenvalue weighted by atomic mass is 79.9. The maximum absolute atomic E-state index is 4.53. The fraction of sp³-hybridized carbons (Fsp3) is 0.308. The van der Waals surface area contributed by atoms with E-state index in [9.17, 15) is 0 Å². The van der Waals surface area contributed by atoms with Gasteiger partial charge in [-0.05, 0) is 47.1 Å². The normalized spacial score (nSPS) is 10.8. The van der Waals surface area contributed by atoms with Crippen LogP contribution in [0.2, 0.25) is 0 Å². The first-order chi connectivity index (χ1) is 8.24. The molecule has 0 saturated carbocycles. The summed E-state index contributed by atoms with van der Waals surface area (Å²) >= 11 is 3.52. The summed E-state index contributed by atoms with van der Waals surface area (Å²) in [4.78, 5) is 0. The maximum Gasteiger partial charge on any atom is 0.0908 e. The summed E-state index contributed by atoms with van der Waals surface area (Å²) in [5.41, 5.74) is 3.45. The fourth-order valence-electron chi connectivity index (χ4n) is 1.69. The van der Waals surface area contributed by atoms with Gasteiger partial charge in [0, 0.05) is 12.7 Å². The number of hydrogen-bond donors (Lipinski definition) is 1. The molecule has 0 spiro atoms. The standard InChI is InChI=1S/C13H16BrN3/c1-3-10-4-6-11(7-5-10)17-9-12(14)13(16-17)8-15-2/h4-7,9,15H,3,8H2,1-2H3. The van der Waals surface area contributed by atoms with Crippen LogP contribution in [0.4, 0.5) is 0 Å². The quantitative estimate of drug-likeness (QED) is 0.939. The van der Waals surface area contributed by atoms with Gasteiger partial charge in [0.15, 0.2) is 0 Å². The predicted molar refractivity (Wildman–Crippen MR) is 73.4 cm³/mol. The zero-order valence-electron chi connectivity index (χ0n) is 10.1. The van der Waals surface area contributed by atoms with E-state index >= 15 is 0 Å². The van der Waals surface area contributed by atoms with Gasteiger partial charge in [-0.15, -0.1) is 0 Å². The third-order valence-corrected chi connectivity index (χ3v) is 3.36. The number of hydrogen-bond acceptors (Lipinski definition) is 2. The van der Waals surface area contributed by atoms with Crippen molar-refractivity contribution in [2.24, 2.45) is 0 Å². The van der Waals surface area contributed by atoms with Gasteiger partial charge in [0.1, 0.15) is 0 Å². The third kappa shape index (κ3) is 2.76. The molecular weight excluding hydrogens is 278 g/mol. The van der Waals surface area contributed by atoms with Crippen molar-refractivity contribution in [3.8, 4) is 5.69 Å². The van der Waals surface area contributed by atoms with Crippen molar-refractivity contribution in [3.63, 3.8) is 0 Å². The first kappa shape index (κ1) is 12.3. The Hall–Kier alpha value is -1.13. The van der Waals surface area contributed by atoms with Gasteiger partial charge in [0.25, 0.3) is 0 Å². The highest BCUT2D eigenvalue weighted by molar-refractivity contribution is 9.10. The molecule has 0 fully saturated rings. The first-order valence-electron chi connectivity index (χ1n) is 5.72. The van der Waals surface area contributed by atoms with E-state index in [-0.39, 0.29) is 0 Å². The molecule has 0 amide bonds. The Labute approximate surface area is 110 Å². The second-order valence-electron chi connectivity index (χ2n) is 3.92. The second-order valence-corrected chi connectivity index (χ2v) is 4.77. The Morgan fingerprint density at radius 3 is 2.59 bits per heavy atom. The molecule has 17 heavy (non-hydrogen) atoms. The van der Waals surface area contributed by atoms with Crippen molar-refractivity contribution in [1.29, 1.82) is 0 Å². The lowest BCUT2D eigenvalue weighted by Gasteiger charge is -2.02. The second kappa shape index (κ2) is 5.47. The molecule has 0 radical (unpaired) electrons. The zero-order chi connectivity index (χ0) is 12.3. The number of aromatic nitrogens is 2. The van der Waals surface area contributed by atoms with E-state index < -0.39 is 0 Å². The van der Waals surface area contributed by atoms with Crippen LogP contribution in [0.5, 0.6) is 0 Å². The van der Waals surface area contributed by atoms with Crippen molar-refractivity contribution in [2.75, 3.05) is 7.05 Å². The minimum absolute atomic E-state index is 0.765. The molecule has 1 heterocycles. The van der Waals surface area contributed by atoms with Crippen LogP contribution in [-0.4, -0.2) is 16.8 Å². The molecule has 0 atom stereocenters. The predicted octanol–water partition coefficient (Wildman–Crippen LogP) is 2.92. The molecule has 0 aliphatic heterocycles. The molecule has 4 heteroatoms. The van der Waals surface area contributed by atoms with Gasteiger partial charge in [0.05, 0.1) is 15.9 Å². The molecule has 0 aliphatic carbocycles. The van der Waals surface area contributed by atoms with Crippen LogP contribution in [0.3, 0.4) is 0 Å². The van der Waals surface area contributed by atoms with E-state index in [1.54, 1.807) is 0 Å². The van der Waals surface area contributed by atoms with Crippen molar-refractivity contribution in [1.82, 2.24) is 15.1 Å². The SMILES string of the molecule is CCc1ccc(-n2cc(Br)c(CNC)n2)cc1. The summed E-state index contributed by atoms with van der Waals surface area (Å²) in [5, 5.41) is 7.63. The average Bonchev–Trinajstić information content (AvgIpc) is 2.72. The molecule has 0 bridgehead atoms. The number of halogens is 1. The summed E-state index contributed by atoms with van der Waals surface area (Å²) in [6, 6.07) is 8.48. The number of benzene rings is 1. The van der Waals surface area contributed by atoms with Crippen molar-refractivity contribution >= 4 is 15.9 Å². The van der Waals surface area contributed by atoms with Gasteiger partial charge in [0.2, 0.25) is 0 Å². The highest BCUT2D eigenvalue weighted by Gasteiger charge is 2.06. The van der Waals surface area contributed by atoms with Crippen LogP contribution in [-0.2, 0) is 13.0 Å². The van der Waals surface area contributed by atoms with Gasteiger partial charge >= 0.3 is 0 Å².